The Kier molecular flexibility index (Phi) is 55.7. The van der Waals surface area contributed by atoms with Crippen molar-refractivity contribution < 1.29 is 32.9 Å². The fourth-order valence-corrected chi connectivity index (χ4v) is 9.54. The van der Waals surface area contributed by atoms with E-state index in [1.807, 2.05) is 27.2 Å². The number of phosphoric acid groups is 1. The van der Waals surface area contributed by atoms with Crippen LogP contribution in [0.1, 0.15) is 264 Å². The monoisotopic (exact) mass is 1090 g/mol. The molecular formula is C68H122N2O6P+. The van der Waals surface area contributed by atoms with E-state index in [0.717, 1.165) is 83.5 Å². The van der Waals surface area contributed by atoms with E-state index in [9.17, 15) is 19.4 Å². The van der Waals surface area contributed by atoms with Gasteiger partial charge in [-0.2, -0.15) is 0 Å². The minimum atomic E-state index is -4.36. The van der Waals surface area contributed by atoms with Crippen molar-refractivity contribution in [3.05, 3.63) is 109 Å². The highest BCUT2D eigenvalue weighted by molar-refractivity contribution is 7.47. The summed E-state index contributed by atoms with van der Waals surface area (Å²) in [6.45, 7) is 4.68. The second kappa shape index (κ2) is 57.8. The number of unbranched alkanes of at least 4 members (excludes halogenated alkanes) is 28. The maximum absolute atomic E-state index is 13.0. The summed E-state index contributed by atoms with van der Waals surface area (Å²) < 4.78 is 23.7. The van der Waals surface area contributed by atoms with E-state index in [-0.39, 0.29) is 19.1 Å². The Hall–Kier alpha value is -2.84. The number of allylic oxidation sites excluding steroid dienone is 17. The zero-order valence-corrected chi connectivity index (χ0v) is 51.6. The Morgan fingerprint density at radius 2 is 0.792 bits per heavy atom. The molecule has 0 aromatic carbocycles. The van der Waals surface area contributed by atoms with Crippen molar-refractivity contribution in [2.24, 2.45) is 0 Å². The van der Waals surface area contributed by atoms with Gasteiger partial charge in [0.25, 0.3) is 0 Å². The fraction of sp³-hybridized carbons (Fsp3) is 0.721. The largest absolute Gasteiger partial charge is 0.472 e. The predicted molar refractivity (Wildman–Crippen MR) is 336 cm³/mol. The topological polar surface area (TPSA) is 105 Å². The Balaban J connectivity index is 4.04. The van der Waals surface area contributed by atoms with Gasteiger partial charge in [-0.25, -0.2) is 4.57 Å². The Morgan fingerprint density at radius 3 is 1.19 bits per heavy atom. The van der Waals surface area contributed by atoms with Crippen LogP contribution in [0, 0.1) is 0 Å². The highest BCUT2D eigenvalue weighted by Crippen LogP contribution is 2.43. The molecule has 0 saturated heterocycles. The van der Waals surface area contributed by atoms with E-state index in [2.05, 4.69) is 116 Å². The lowest BCUT2D eigenvalue weighted by atomic mass is 10.0. The lowest BCUT2D eigenvalue weighted by Gasteiger charge is -2.25. The average Bonchev–Trinajstić information content (AvgIpc) is 3.39. The van der Waals surface area contributed by atoms with Gasteiger partial charge in [0.1, 0.15) is 13.2 Å². The van der Waals surface area contributed by atoms with Crippen LogP contribution in [0.3, 0.4) is 0 Å². The first-order valence-electron chi connectivity index (χ1n) is 31.8. The summed E-state index contributed by atoms with van der Waals surface area (Å²) in [4.78, 5) is 23.3. The number of nitrogens with zero attached hydrogens (tertiary/aromatic N) is 1. The summed E-state index contributed by atoms with van der Waals surface area (Å²) in [5.41, 5.74) is 0. The number of quaternary nitrogens is 1. The van der Waals surface area contributed by atoms with Crippen molar-refractivity contribution in [2.75, 3.05) is 40.9 Å². The van der Waals surface area contributed by atoms with Gasteiger partial charge >= 0.3 is 7.82 Å². The molecule has 77 heavy (non-hydrogen) atoms. The zero-order valence-electron chi connectivity index (χ0n) is 50.7. The Bertz CT molecular complexity index is 1620. The highest BCUT2D eigenvalue weighted by atomic mass is 31.2. The molecule has 0 bridgehead atoms. The summed E-state index contributed by atoms with van der Waals surface area (Å²) in [6.07, 6.45) is 85.0. The summed E-state index contributed by atoms with van der Waals surface area (Å²) >= 11 is 0. The molecule has 0 aliphatic carbocycles. The summed E-state index contributed by atoms with van der Waals surface area (Å²) in [5, 5.41) is 13.9. The molecule has 3 N–H and O–H groups in total. The number of hydrogen-bond donors (Lipinski definition) is 3. The van der Waals surface area contributed by atoms with Crippen molar-refractivity contribution in [3.63, 3.8) is 0 Å². The number of likely N-dealkylation sites (N-methyl/N-ethyl adjacent to an activating group) is 1. The molecule has 0 aromatic rings. The number of amides is 1. The molecule has 0 aliphatic rings. The predicted octanol–water partition coefficient (Wildman–Crippen LogP) is 19.9. The molecule has 1 amide bonds. The molecule has 0 saturated carbocycles. The number of aliphatic hydroxyl groups excluding tert-OH is 1. The quantitative estimate of drug-likeness (QED) is 0.0243. The number of rotatable bonds is 57. The van der Waals surface area contributed by atoms with Crippen LogP contribution in [0.2, 0.25) is 0 Å². The van der Waals surface area contributed by atoms with Crippen LogP contribution in [0.4, 0.5) is 0 Å². The maximum atomic E-state index is 13.0. The highest BCUT2D eigenvalue weighted by Gasteiger charge is 2.27. The normalized spacial score (nSPS) is 14.5. The number of aliphatic hydroxyl groups is 1. The van der Waals surface area contributed by atoms with Gasteiger partial charge in [-0.15, -0.1) is 0 Å². The number of carbonyl (C=O) groups is 1. The zero-order chi connectivity index (χ0) is 56.3. The second-order valence-corrected chi connectivity index (χ2v) is 23.8. The SMILES string of the molecule is CC/C=C\C/C=C\C/C=C\C/C=C\C/C=C\C/C=C\C/C=C\CCCCCCCCCCCCCCCCCCCC(=O)NC(COP(=O)(O)OCC[N+](C)(C)C)C(O)/C=C/CC/C=C/CCCCCCCCCCCC. The van der Waals surface area contributed by atoms with Gasteiger partial charge in [-0.3, -0.25) is 13.8 Å². The van der Waals surface area contributed by atoms with Gasteiger partial charge < -0.3 is 19.8 Å². The number of phosphoric ester groups is 1. The smallest absolute Gasteiger partial charge is 0.387 e. The summed E-state index contributed by atoms with van der Waals surface area (Å²) in [6, 6.07) is -0.868. The van der Waals surface area contributed by atoms with E-state index in [1.165, 1.54) is 161 Å². The first-order chi connectivity index (χ1) is 37.5. The van der Waals surface area contributed by atoms with Crippen molar-refractivity contribution >= 4 is 13.7 Å². The van der Waals surface area contributed by atoms with Gasteiger partial charge in [-0.05, 0) is 89.9 Å². The first kappa shape index (κ1) is 74.2. The van der Waals surface area contributed by atoms with Crippen molar-refractivity contribution in [2.45, 2.75) is 276 Å². The summed E-state index contributed by atoms with van der Waals surface area (Å²) in [7, 11) is 1.55. The third kappa shape index (κ3) is 60.6. The van der Waals surface area contributed by atoms with Crippen LogP contribution in [0.5, 0.6) is 0 Å². The van der Waals surface area contributed by atoms with Crippen molar-refractivity contribution in [1.29, 1.82) is 0 Å². The molecule has 0 rings (SSSR count). The number of hydrogen-bond acceptors (Lipinski definition) is 5. The molecule has 0 spiro atoms. The third-order valence-electron chi connectivity index (χ3n) is 13.7. The Morgan fingerprint density at radius 1 is 0.455 bits per heavy atom. The van der Waals surface area contributed by atoms with E-state index in [0.29, 0.717) is 17.4 Å². The molecule has 0 heterocycles. The molecular weight excluding hydrogens is 972 g/mol. The molecule has 0 radical (unpaired) electrons. The average molecular weight is 1090 g/mol. The molecule has 8 nitrogen and oxygen atoms in total. The van der Waals surface area contributed by atoms with Crippen LogP contribution >= 0.6 is 7.82 Å². The van der Waals surface area contributed by atoms with Crippen LogP contribution < -0.4 is 5.32 Å². The first-order valence-corrected chi connectivity index (χ1v) is 33.3. The van der Waals surface area contributed by atoms with E-state index in [4.69, 9.17) is 9.05 Å². The number of carbonyl (C=O) groups excluding carboxylic acids is 1. The summed E-state index contributed by atoms with van der Waals surface area (Å²) in [5.74, 6) is -0.188. The maximum Gasteiger partial charge on any atom is 0.472 e. The minimum Gasteiger partial charge on any atom is -0.387 e. The van der Waals surface area contributed by atoms with Crippen LogP contribution in [-0.2, 0) is 18.4 Å². The third-order valence-corrected chi connectivity index (χ3v) is 14.7. The van der Waals surface area contributed by atoms with Crippen molar-refractivity contribution in [3.8, 4) is 0 Å². The van der Waals surface area contributed by atoms with Crippen molar-refractivity contribution in [1.82, 2.24) is 5.32 Å². The lowest BCUT2D eigenvalue weighted by Crippen LogP contribution is -2.45. The van der Waals surface area contributed by atoms with Gasteiger partial charge in [-0.1, -0.05) is 277 Å². The fourth-order valence-electron chi connectivity index (χ4n) is 8.80. The molecule has 444 valence electrons. The van der Waals surface area contributed by atoms with Crippen LogP contribution in [0.25, 0.3) is 0 Å². The van der Waals surface area contributed by atoms with E-state index >= 15 is 0 Å². The molecule has 0 aromatic heterocycles. The molecule has 9 heteroatoms. The molecule has 0 fully saturated rings. The van der Waals surface area contributed by atoms with Crippen LogP contribution in [-0.4, -0.2) is 73.4 Å². The van der Waals surface area contributed by atoms with Gasteiger partial charge in [0.05, 0.1) is 39.9 Å². The van der Waals surface area contributed by atoms with Gasteiger partial charge in [0.2, 0.25) is 5.91 Å². The van der Waals surface area contributed by atoms with Crippen LogP contribution in [0.15, 0.2) is 109 Å². The van der Waals surface area contributed by atoms with Gasteiger partial charge in [0, 0.05) is 6.42 Å². The Labute approximate surface area is 476 Å². The molecule has 0 aliphatic heterocycles. The molecule has 3 unspecified atom stereocenters. The molecule has 3 atom stereocenters. The van der Waals surface area contributed by atoms with E-state index < -0.39 is 20.0 Å². The standard InChI is InChI=1S/C68H121N2O6P/c1-6-8-10-12-14-16-18-20-22-24-25-26-27-28-29-30-31-32-33-34-35-36-37-38-39-40-41-42-43-44-45-46-48-50-52-54-56-58-60-62-68(72)69-66(65-76-77(73,74)75-64-63-70(3,4)5)67(71)61-59-57-55-53-51-49-47-23-21-19-17-15-13-11-9-7-2/h8,10,14,16,20,22,25-26,28-29,31-32,34-35,51,53,59,61,66-67,71H,6-7,9,11-13,15,17-19,21,23-24,27,30,33,36-50,52,54-58,60,62-65H2,1-5H3,(H-,69,72,73,74)/p+1/b10-8-,16-14-,22-20-,26-25-,29-28-,32-31-,35-34-,53-51+,61-59+. The minimum absolute atomic E-state index is 0.0534. The lowest BCUT2D eigenvalue weighted by molar-refractivity contribution is -0.870. The number of nitrogens with one attached hydrogen (secondary N) is 1. The van der Waals surface area contributed by atoms with Gasteiger partial charge in [0.15, 0.2) is 0 Å². The second-order valence-electron chi connectivity index (χ2n) is 22.4. The van der Waals surface area contributed by atoms with E-state index in [1.54, 1.807) is 6.08 Å².